The van der Waals surface area contributed by atoms with Crippen molar-refractivity contribution in [2.45, 2.75) is 13.0 Å². The van der Waals surface area contributed by atoms with Gasteiger partial charge in [-0.2, -0.15) is 0 Å². The van der Waals surface area contributed by atoms with E-state index < -0.39 is 18.0 Å². The number of anilines is 1. The molecular formula is C18H15N3O3S. The largest absolute Gasteiger partial charge is 0.449 e. The molecule has 0 aliphatic rings. The Morgan fingerprint density at radius 2 is 1.96 bits per heavy atom. The predicted octanol–water partition coefficient (Wildman–Crippen LogP) is 3.39. The number of esters is 1. The predicted molar refractivity (Wildman–Crippen MR) is 95.3 cm³/mol. The van der Waals surface area contributed by atoms with Crippen molar-refractivity contribution >= 4 is 28.3 Å². The van der Waals surface area contributed by atoms with Crippen LogP contribution >= 0.6 is 11.3 Å². The SMILES string of the molecule is C[C@@H](OC(=O)c1cccnc1)C(=O)Nc1nc(-c2ccccc2)cs1. The van der Waals surface area contributed by atoms with Gasteiger partial charge < -0.3 is 4.74 Å². The van der Waals surface area contributed by atoms with Gasteiger partial charge in [0.15, 0.2) is 11.2 Å². The summed E-state index contributed by atoms with van der Waals surface area (Å²) in [5, 5.41) is 4.97. The van der Waals surface area contributed by atoms with E-state index in [1.165, 1.54) is 24.5 Å². The lowest BCUT2D eigenvalue weighted by Crippen LogP contribution is -2.30. The van der Waals surface area contributed by atoms with Gasteiger partial charge in [0.2, 0.25) is 0 Å². The first-order valence-electron chi connectivity index (χ1n) is 7.56. The number of rotatable bonds is 5. The van der Waals surface area contributed by atoms with Crippen molar-refractivity contribution in [3.63, 3.8) is 0 Å². The molecule has 0 fully saturated rings. The van der Waals surface area contributed by atoms with Gasteiger partial charge in [-0.25, -0.2) is 9.78 Å². The molecule has 2 aromatic heterocycles. The van der Waals surface area contributed by atoms with Gasteiger partial charge in [0, 0.05) is 23.3 Å². The summed E-state index contributed by atoms with van der Waals surface area (Å²) in [6.45, 7) is 1.51. The maximum Gasteiger partial charge on any atom is 0.340 e. The van der Waals surface area contributed by atoms with E-state index in [1.807, 2.05) is 35.7 Å². The van der Waals surface area contributed by atoms with Crippen LogP contribution in [0.2, 0.25) is 0 Å². The Morgan fingerprint density at radius 3 is 2.68 bits per heavy atom. The first kappa shape index (κ1) is 16.8. The molecule has 3 aromatic rings. The monoisotopic (exact) mass is 353 g/mol. The highest BCUT2D eigenvalue weighted by Crippen LogP contribution is 2.24. The number of carbonyl (C=O) groups excluding carboxylic acids is 2. The van der Waals surface area contributed by atoms with Crippen LogP contribution in [0.15, 0.2) is 60.2 Å². The van der Waals surface area contributed by atoms with Gasteiger partial charge in [0.25, 0.3) is 5.91 Å². The van der Waals surface area contributed by atoms with E-state index in [0.717, 1.165) is 11.3 Å². The van der Waals surface area contributed by atoms with Crippen LogP contribution in [0.5, 0.6) is 0 Å². The van der Waals surface area contributed by atoms with Gasteiger partial charge in [-0.3, -0.25) is 15.1 Å². The zero-order valence-corrected chi connectivity index (χ0v) is 14.2. The molecular weight excluding hydrogens is 338 g/mol. The first-order valence-corrected chi connectivity index (χ1v) is 8.44. The molecule has 6 nitrogen and oxygen atoms in total. The Morgan fingerprint density at radius 1 is 1.16 bits per heavy atom. The Bertz CT molecular complexity index is 866. The maximum atomic E-state index is 12.2. The third kappa shape index (κ3) is 4.27. The molecule has 126 valence electrons. The number of hydrogen-bond acceptors (Lipinski definition) is 6. The molecule has 1 atom stereocenters. The van der Waals surface area contributed by atoms with Crippen LogP contribution in [-0.2, 0) is 9.53 Å². The topological polar surface area (TPSA) is 81.2 Å². The average Bonchev–Trinajstić information content (AvgIpc) is 3.11. The summed E-state index contributed by atoms with van der Waals surface area (Å²) in [5.74, 6) is -1.04. The number of amides is 1. The van der Waals surface area contributed by atoms with E-state index in [4.69, 9.17) is 4.74 Å². The van der Waals surface area contributed by atoms with Gasteiger partial charge >= 0.3 is 5.97 Å². The molecule has 0 saturated carbocycles. The maximum absolute atomic E-state index is 12.2. The van der Waals surface area contributed by atoms with E-state index in [9.17, 15) is 9.59 Å². The third-order valence-corrected chi connectivity index (χ3v) is 4.11. The fraction of sp³-hybridized carbons (Fsp3) is 0.111. The van der Waals surface area contributed by atoms with E-state index in [-0.39, 0.29) is 0 Å². The van der Waals surface area contributed by atoms with Crippen LogP contribution in [0.4, 0.5) is 5.13 Å². The number of thiazole rings is 1. The zero-order valence-electron chi connectivity index (χ0n) is 13.4. The van der Waals surface area contributed by atoms with Crippen molar-refractivity contribution in [1.82, 2.24) is 9.97 Å². The second-order valence-corrected chi connectivity index (χ2v) is 6.04. The summed E-state index contributed by atoms with van der Waals surface area (Å²) < 4.78 is 5.15. The number of aromatic nitrogens is 2. The van der Waals surface area contributed by atoms with Crippen molar-refractivity contribution in [2.75, 3.05) is 5.32 Å². The molecule has 1 N–H and O–H groups in total. The number of hydrogen-bond donors (Lipinski definition) is 1. The lowest BCUT2D eigenvalue weighted by molar-refractivity contribution is -0.123. The lowest BCUT2D eigenvalue weighted by Gasteiger charge is -2.12. The molecule has 0 spiro atoms. The number of carbonyl (C=O) groups is 2. The molecule has 0 bridgehead atoms. The molecule has 7 heteroatoms. The number of nitrogens with one attached hydrogen (secondary N) is 1. The molecule has 2 heterocycles. The number of nitrogens with zero attached hydrogens (tertiary/aromatic N) is 2. The zero-order chi connectivity index (χ0) is 17.6. The lowest BCUT2D eigenvalue weighted by atomic mass is 10.2. The van der Waals surface area contributed by atoms with Crippen LogP contribution < -0.4 is 5.32 Å². The summed E-state index contributed by atoms with van der Waals surface area (Å²) in [5.41, 5.74) is 2.04. The summed E-state index contributed by atoms with van der Waals surface area (Å²) in [6.07, 6.45) is 2.00. The Hall–Kier alpha value is -3.06. The van der Waals surface area contributed by atoms with E-state index in [2.05, 4.69) is 15.3 Å². The summed E-state index contributed by atoms with van der Waals surface area (Å²) in [4.78, 5) is 32.4. The van der Waals surface area contributed by atoms with Gasteiger partial charge in [-0.15, -0.1) is 11.3 Å². The highest BCUT2D eigenvalue weighted by atomic mass is 32.1. The van der Waals surface area contributed by atoms with Crippen LogP contribution in [0.3, 0.4) is 0 Å². The Kier molecular flexibility index (Phi) is 5.15. The molecule has 0 aliphatic heterocycles. The Labute approximate surface area is 148 Å². The Balaban J connectivity index is 1.60. The smallest absolute Gasteiger partial charge is 0.340 e. The van der Waals surface area contributed by atoms with Gasteiger partial charge in [-0.05, 0) is 19.1 Å². The highest BCUT2D eigenvalue weighted by molar-refractivity contribution is 7.14. The second kappa shape index (κ2) is 7.67. The van der Waals surface area contributed by atoms with E-state index >= 15 is 0 Å². The van der Waals surface area contributed by atoms with Crippen molar-refractivity contribution < 1.29 is 14.3 Å². The second-order valence-electron chi connectivity index (χ2n) is 5.18. The normalized spacial score (nSPS) is 11.6. The van der Waals surface area contributed by atoms with E-state index in [1.54, 1.807) is 18.3 Å². The number of benzene rings is 1. The van der Waals surface area contributed by atoms with E-state index in [0.29, 0.717) is 10.7 Å². The molecule has 1 aromatic carbocycles. The highest BCUT2D eigenvalue weighted by Gasteiger charge is 2.20. The molecule has 0 saturated heterocycles. The molecule has 25 heavy (non-hydrogen) atoms. The molecule has 0 radical (unpaired) electrons. The summed E-state index contributed by atoms with van der Waals surface area (Å²) >= 11 is 1.31. The number of pyridine rings is 1. The number of ether oxygens (including phenoxy) is 1. The minimum atomic E-state index is -0.947. The fourth-order valence-corrected chi connectivity index (χ4v) is 2.77. The third-order valence-electron chi connectivity index (χ3n) is 3.35. The minimum absolute atomic E-state index is 0.294. The van der Waals surface area contributed by atoms with Crippen LogP contribution in [-0.4, -0.2) is 27.9 Å². The quantitative estimate of drug-likeness (QED) is 0.711. The molecule has 1 amide bonds. The molecule has 0 unspecified atom stereocenters. The minimum Gasteiger partial charge on any atom is -0.449 e. The van der Waals surface area contributed by atoms with Crippen LogP contribution in [0.1, 0.15) is 17.3 Å². The summed E-state index contributed by atoms with van der Waals surface area (Å²) in [6, 6.07) is 12.9. The molecule has 3 rings (SSSR count). The van der Waals surface area contributed by atoms with Gasteiger partial charge in [0.1, 0.15) is 0 Å². The fourth-order valence-electron chi connectivity index (χ4n) is 2.05. The van der Waals surface area contributed by atoms with Gasteiger partial charge in [0.05, 0.1) is 11.3 Å². The van der Waals surface area contributed by atoms with Crippen molar-refractivity contribution in [2.24, 2.45) is 0 Å². The van der Waals surface area contributed by atoms with Crippen molar-refractivity contribution in [3.8, 4) is 11.3 Å². The molecule has 0 aliphatic carbocycles. The van der Waals surface area contributed by atoms with Crippen LogP contribution in [0, 0.1) is 0 Å². The van der Waals surface area contributed by atoms with Crippen molar-refractivity contribution in [1.29, 1.82) is 0 Å². The van der Waals surface area contributed by atoms with Gasteiger partial charge in [-0.1, -0.05) is 30.3 Å². The summed E-state index contributed by atoms with van der Waals surface area (Å²) in [7, 11) is 0. The average molecular weight is 353 g/mol. The standard InChI is InChI=1S/C18H15N3O3S/c1-12(24-17(23)14-8-5-9-19-10-14)16(22)21-18-20-15(11-25-18)13-6-3-2-4-7-13/h2-12H,1H3,(H,20,21,22)/t12-/m1/s1. The van der Waals surface area contributed by atoms with Crippen LogP contribution in [0.25, 0.3) is 11.3 Å². The van der Waals surface area contributed by atoms with Crippen molar-refractivity contribution in [3.05, 3.63) is 65.8 Å². The first-order chi connectivity index (χ1) is 12.1.